The van der Waals surface area contributed by atoms with Crippen LogP contribution in [0.25, 0.3) is 0 Å². The molecule has 0 saturated carbocycles. The predicted octanol–water partition coefficient (Wildman–Crippen LogP) is 2.63. The van der Waals surface area contributed by atoms with Crippen molar-refractivity contribution in [2.45, 2.75) is 31.8 Å². The summed E-state index contributed by atoms with van der Waals surface area (Å²) in [5.41, 5.74) is 1.19. The van der Waals surface area contributed by atoms with E-state index in [4.69, 9.17) is 16.3 Å². The molecule has 1 aliphatic heterocycles. The number of hydrogen-bond acceptors (Lipinski definition) is 3. The van der Waals surface area contributed by atoms with E-state index in [9.17, 15) is 4.79 Å². The molecule has 1 aromatic rings. The van der Waals surface area contributed by atoms with Gasteiger partial charge >= 0.3 is 0 Å². The van der Waals surface area contributed by atoms with E-state index in [0.717, 1.165) is 31.0 Å². The van der Waals surface area contributed by atoms with E-state index in [1.54, 1.807) is 7.11 Å². The molecule has 0 radical (unpaired) electrons. The lowest BCUT2D eigenvalue weighted by Crippen LogP contribution is -2.46. The third-order valence-electron chi connectivity index (χ3n) is 3.95. The van der Waals surface area contributed by atoms with E-state index in [1.165, 1.54) is 5.56 Å². The Hall–Kier alpha value is -1.10. The van der Waals surface area contributed by atoms with Gasteiger partial charge in [-0.3, -0.25) is 4.79 Å². The molecule has 1 fully saturated rings. The number of ether oxygens (including phenoxy) is 1. The second-order valence-electron chi connectivity index (χ2n) is 5.53. The Morgan fingerprint density at radius 1 is 1.48 bits per heavy atom. The molecule has 21 heavy (non-hydrogen) atoms. The van der Waals surface area contributed by atoms with E-state index < -0.39 is 0 Å². The maximum Gasteiger partial charge on any atom is 0.248 e. The first-order valence-electron chi connectivity index (χ1n) is 7.38. The lowest BCUT2D eigenvalue weighted by molar-refractivity contribution is -0.136. The zero-order valence-electron chi connectivity index (χ0n) is 12.6. The smallest absolute Gasteiger partial charge is 0.248 e. The fraction of sp³-hybridized carbons (Fsp3) is 0.562. The van der Waals surface area contributed by atoms with Gasteiger partial charge in [0.15, 0.2) is 0 Å². The summed E-state index contributed by atoms with van der Waals surface area (Å²) < 4.78 is 4.90. The number of amides is 1. The summed E-state index contributed by atoms with van der Waals surface area (Å²) in [5.74, 6) is 0.0823. The predicted molar refractivity (Wildman–Crippen MR) is 84.5 cm³/mol. The van der Waals surface area contributed by atoms with Crippen LogP contribution in [0, 0.1) is 0 Å². The van der Waals surface area contributed by atoms with Crippen molar-refractivity contribution in [3.8, 4) is 0 Å². The van der Waals surface area contributed by atoms with Crippen molar-refractivity contribution in [1.82, 2.24) is 10.2 Å². The normalized spacial score (nSPS) is 17.8. The van der Waals surface area contributed by atoms with Gasteiger partial charge in [0.1, 0.15) is 6.61 Å². The number of halogens is 1. The Balaban J connectivity index is 1.82. The number of likely N-dealkylation sites (tertiary alicyclic amines) is 1. The van der Waals surface area contributed by atoms with E-state index in [2.05, 4.69) is 18.3 Å². The van der Waals surface area contributed by atoms with Crippen molar-refractivity contribution in [2.75, 3.05) is 26.8 Å². The van der Waals surface area contributed by atoms with E-state index >= 15 is 0 Å². The average Bonchev–Trinajstić information content (AvgIpc) is 2.48. The summed E-state index contributed by atoms with van der Waals surface area (Å²) in [6.45, 7) is 3.91. The van der Waals surface area contributed by atoms with E-state index in [0.29, 0.717) is 6.04 Å². The molecule has 0 aliphatic carbocycles. The van der Waals surface area contributed by atoms with Crippen molar-refractivity contribution in [2.24, 2.45) is 0 Å². The summed E-state index contributed by atoms with van der Waals surface area (Å²) in [7, 11) is 1.55. The van der Waals surface area contributed by atoms with Crippen LogP contribution in [0.1, 0.15) is 31.4 Å². The van der Waals surface area contributed by atoms with Crippen molar-refractivity contribution in [3.63, 3.8) is 0 Å². The van der Waals surface area contributed by atoms with Crippen LogP contribution in [0.5, 0.6) is 0 Å². The van der Waals surface area contributed by atoms with Gasteiger partial charge in [-0.1, -0.05) is 23.7 Å². The van der Waals surface area contributed by atoms with Crippen LogP contribution in [0.15, 0.2) is 24.3 Å². The lowest BCUT2D eigenvalue weighted by atomic mass is 10.0. The summed E-state index contributed by atoms with van der Waals surface area (Å²) >= 11 is 6.03. The second-order valence-corrected chi connectivity index (χ2v) is 5.97. The Bertz CT molecular complexity index is 473. The Morgan fingerprint density at radius 2 is 2.19 bits per heavy atom. The fourth-order valence-electron chi connectivity index (χ4n) is 2.74. The molecule has 1 atom stereocenters. The Morgan fingerprint density at radius 3 is 2.81 bits per heavy atom. The molecule has 0 spiro atoms. The highest BCUT2D eigenvalue weighted by molar-refractivity contribution is 6.30. The minimum Gasteiger partial charge on any atom is -0.375 e. The first kappa shape index (κ1) is 16.3. The number of nitrogens with zero attached hydrogens (tertiary/aromatic N) is 1. The quantitative estimate of drug-likeness (QED) is 0.909. The van der Waals surface area contributed by atoms with Gasteiger partial charge in [-0.25, -0.2) is 0 Å². The number of methoxy groups -OCH3 is 1. The minimum atomic E-state index is 0.0823. The number of piperidine rings is 1. The molecule has 1 unspecified atom stereocenters. The zero-order valence-corrected chi connectivity index (χ0v) is 13.4. The van der Waals surface area contributed by atoms with Gasteiger partial charge in [-0.05, 0) is 37.5 Å². The van der Waals surface area contributed by atoms with Crippen LogP contribution in [0.2, 0.25) is 5.02 Å². The molecule has 4 nitrogen and oxygen atoms in total. The van der Waals surface area contributed by atoms with Gasteiger partial charge in [0.05, 0.1) is 0 Å². The molecule has 1 saturated heterocycles. The summed E-state index contributed by atoms with van der Waals surface area (Å²) in [4.78, 5) is 13.6. The van der Waals surface area contributed by atoms with Gasteiger partial charge in [-0.2, -0.15) is 0 Å². The molecule has 116 valence electrons. The van der Waals surface area contributed by atoms with E-state index in [1.807, 2.05) is 23.1 Å². The maximum atomic E-state index is 11.8. The summed E-state index contributed by atoms with van der Waals surface area (Å²) in [6.07, 6.45) is 1.95. The van der Waals surface area contributed by atoms with Gasteiger partial charge in [0, 0.05) is 37.3 Å². The summed E-state index contributed by atoms with van der Waals surface area (Å²) in [5, 5.41) is 4.39. The first-order chi connectivity index (χ1) is 10.1. The number of carbonyl (C=O) groups is 1. The number of nitrogens with one attached hydrogen (secondary N) is 1. The first-order valence-corrected chi connectivity index (χ1v) is 7.76. The van der Waals surface area contributed by atoms with Crippen molar-refractivity contribution in [1.29, 1.82) is 0 Å². The van der Waals surface area contributed by atoms with Gasteiger partial charge < -0.3 is 15.0 Å². The molecule has 1 N–H and O–H groups in total. The second kappa shape index (κ2) is 7.78. The number of benzene rings is 1. The Kier molecular flexibility index (Phi) is 6.03. The molecular formula is C16H23ClN2O2. The summed E-state index contributed by atoms with van der Waals surface area (Å²) in [6, 6.07) is 8.64. The molecular weight excluding hydrogens is 288 g/mol. The third-order valence-corrected chi connectivity index (χ3v) is 4.18. The highest BCUT2D eigenvalue weighted by Crippen LogP contribution is 2.20. The van der Waals surface area contributed by atoms with Crippen LogP contribution >= 0.6 is 11.6 Å². The number of carbonyl (C=O) groups excluding carboxylic acids is 1. The maximum absolute atomic E-state index is 11.8. The molecule has 1 heterocycles. The minimum absolute atomic E-state index is 0.0823. The molecule has 0 bridgehead atoms. The van der Waals surface area contributed by atoms with Crippen molar-refractivity contribution in [3.05, 3.63) is 34.9 Å². The van der Waals surface area contributed by atoms with Crippen LogP contribution < -0.4 is 5.32 Å². The monoisotopic (exact) mass is 310 g/mol. The van der Waals surface area contributed by atoms with Crippen LogP contribution in [-0.2, 0) is 9.53 Å². The van der Waals surface area contributed by atoms with Crippen LogP contribution in [0.4, 0.5) is 0 Å². The van der Waals surface area contributed by atoms with Crippen LogP contribution in [-0.4, -0.2) is 43.7 Å². The molecule has 2 rings (SSSR count). The standard InChI is InChI=1S/C16H23ClN2O2/c1-12(13-4-3-5-14(17)10-13)18-15-6-8-19(9-7-15)16(20)11-21-2/h3-5,10,12,15,18H,6-9,11H2,1-2H3. The molecule has 0 aromatic heterocycles. The number of hydrogen-bond donors (Lipinski definition) is 1. The topological polar surface area (TPSA) is 41.6 Å². The molecule has 1 aromatic carbocycles. The molecule has 1 amide bonds. The fourth-order valence-corrected chi connectivity index (χ4v) is 2.93. The SMILES string of the molecule is COCC(=O)N1CCC(NC(C)c2cccc(Cl)c2)CC1. The van der Waals surface area contributed by atoms with Gasteiger partial charge in [-0.15, -0.1) is 0 Å². The van der Waals surface area contributed by atoms with Crippen molar-refractivity contribution >= 4 is 17.5 Å². The van der Waals surface area contributed by atoms with Crippen LogP contribution in [0.3, 0.4) is 0 Å². The molecule has 1 aliphatic rings. The average molecular weight is 311 g/mol. The lowest BCUT2D eigenvalue weighted by Gasteiger charge is -2.34. The van der Waals surface area contributed by atoms with Crippen molar-refractivity contribution < 1.29 is 9.53 Å². The molecule has 5 heteroatoms. The van der Waals surface area contributed by atoms with Gasteiger partial charge in [0.2, 0.25) is 5.91 Å². The largest absolute Gasteiger partial charge is 0.375 e. The third kappa shape index (κ3) is 4.70. The number of rotatable bonds is 5. The highest BCUT2D eigenvalue weighted by Gasteiger charge is 2.23. The highest BCUT2D eigenvalue weighted by atomic mass is 35.5. The Labute approximate surface area is 131 Å². The van der Waals surface area contributed by atoms with Gasteiger partial charge in [0.25, 0.3) is 0 Å². The zero-order chi connectivity index (χ0) is 15.2. The van der Waals surface area contributed by atoms with E-state index in [-0.39, 0.29) is 18.6 Å².